The van der Waals surface area contributed by atoms with Crippen LogP contribution in [0.3, 0.4) is 0 Å². The normalized spacial score (nSPS) is 58.0. The van der Waals surface area contributed by atoms with Crippen molar-refractivity contribution < 1.29 is 25.2 Å². The topological polar surface area (TPSA) is 98.0 Å². The van der Waals surface area contributed by atoms with Gasteiger partial charge in [-0.15, -0.1) is 0 Å². The van der Waals surface area contributed by atoms with Gasteiger partial charge in [0.15, 0.2) is 0 Å². The van der Waals surface area contributed by atoms with E-state index >= 15 is 0 Å². The Kier molecular flexibility index (Phi) is 4.84. The highest BCUT2D eigenvalue weighted by atomic mass is 16.4. The Morgan fingerprint density at radius 2 is 1.69 bits per heavy atom. The molecule has 5 nitrogen and oxygen atoms in total. The van der Waals surface area contributed by atoms with E-state index in [0.717, 1.165) is 44.9 Å². The Labute approximate surface area is 210 Å². The Balaban J connectivity index is 1.45. The minimum atomic E-state index is -0.895. The van der Waals surface area contributed by atoms with Crippen molar-refractivity contribution in [2.75, 3.05) is 6.61 Å². The molecule has 0 saturated heterocycles. The van der Waals surface area contributed by atoms with Crippen LogP contribution < -0.4 is 0 Å². The molecule has 35 heavy (non-hydrogen) atoms. The number of aliphatic hydroxyl groups excluding tert-OH is 3. The quantitative estimate of drug-likeness (QED) is 0.421. The zero-order valence-corrected chi connectivity index (χ0v) is 22.3. The van der Waals surface area contributed by atoms with Gasteiger partial charge >= 0.3 is 5.97 Å². The van der Waals surface area contributed by atoms with Crippen LogP contribution in [0, 0.1) is 56.2 Å². The average molecular weight is 487 g/mol. The first kappa shape index (κ1) is 24.4. The first-order chi connectivity index (χ1) is 16.2. The van der Waals surface area contributed by atoms with Gasteiger partial charge in [-0.1, -0.05) is 46.3 Å². The number of carbonyl (C=O) groups is 1. The van der Waals surface area contributed by atoms with Crippen molar-refractivity contribution in [3.8, 4) is 0 Å². The predicted molar refractivity (Wildman–Crippen MR) is 133 cm³/mol. The largest absolute Gasteiger partial charge is 0.481 e. The first-order valence-electron chi connectivity index (χ1n) is 14.1. The summed E-state index contributed by atoms with van der Waals surface area (Å²) in [7, 11) is 0. The van der Waals surface area contributed by atoms with E-state index in [0.29, 0.717) is 24.7 Å². The fourth-order valence-electron chi connectivity index (χ4n) is 11.5. The number of allylic oxidation sites excluding steroid dienone is 2. The van der Waals surface area contributed by atoms with E-state index in [1.807, 2.05) is 6.92 Å². The van der Waals surface area contributed by atoms with Gasteiger partial charge in [0.1, 0.15) is 0 Å². The number of aliphatic carboxylic acids is 1. The van der Waals surface area contributed by atoms with Crippen molar-refractivity contribution in [3.63, 3.8) is 0 Å². The third kappa shape index (κ3) is 2.74. The van der Waals surface area contributed by atoms with Gasteiger partial charge in [-0.25, -0.2) is 0 Å². The Morgan fingerprint density at radius 1 is 0.971 bits per heavy atom. The lowest BCUT2D eigenvalue weighted by Crippen LogP contribution is -2.66. The molecule has 5 saturated carbocycles. The van der Waals surface area contributed by atoms with E-state index in [1.165, 1.54) is 0 Å². The van der Waals surface area contributed by atoms with Gasteiger partial charge in [0.05, 0.1) is 24.2 Å². The van der Waals surface area contributed by atoms with E-state index in [-0.39, 0.29) is 40.1 Å². The summed E-state index contributed by atoms with van der Waals surface area (Å²) in [5, 5.41) is 42.9. The van der Waals surface area contributed by atoms with Gasteiger partial charge < -0.3 is 20.4 Å². The smallest absolute Gasteiger partial charge is 0.310 e. The average Bonchev–Trinajstić information content (AvgIpc) is 3.50. The molecule has 6 aliphatic carbocycles. The fourth-order valence-corrected chi connectivity index (χ4v) is 11.5. The molecule has 1 spiro atoms. The summed E-state index contributed by atoms with van der Waals surface area (Å²) in [5.41, 5.74) is 0.293. The van der Waals surface area contributed by atoms with Crippen LogP contribution >= 0.6 is 0 Å². The molecule has 0 heterocycles. The number of rotatable bonds is 2. The molecule has 0 aromatic heterocycles. The molecule has 0 radical (unpaired) electrons. The van der Waals surface area contributed by atoms with Crippen LogP contribution in [-0.4, -0.2) is 45.2 Å². The lowest BCUT2D eigenvalue weighted by atomic mass is 9.36. The van der Waals surface area contributed by atoms with Gasteiger partial charge in [0, 0.05) is 5.41 Å². The molecule has 0 amide bonds. The zero-order chi connectivity index (χ0) is 25.4. The lowest BCUT2D eigenvalue weighted by molar-refractivity contribution is -0.229. The number of hydrogen-bond acceptors (Lipinski definition) is 4. The lowest BCUT2D eigenvalue weighted by Gasteiger charge is -2.68. The first-order valence-corrected chi connectivity index (χ1v) is 14.1. The molecule has 5 fully saturated rings. The third-order valence-corrected chi connectivity index (χ3v) is 13.3. The maximum absolute atomic E-state index is 12.8. The van der Waals surface area contributed by atoms with Crippen LogP contribution in [0.5, 0.6) is 0 Å². The molecule has 0 unspecified atom stereocenters. The second-order valence-electron chi connectivity index (χ2n) is 15.3. The molecule has 0 aliphatic heterocycles. The molecular weight excluding hydrogens is 440 g/mol. The summed E-state index contributed by atoms with van der Waals surface area (Å²) in [5.74, 6) is 0.691. The van der Waals surface area contributed by atoms with E-state index in [2.05, 4.69) is 33.8 Å². The predicted octanol–water partition coefficient (Wildman–Crippen LogP) is 4.79. The Bertz CT molecular complexity index is 987. The van der Waals surface area contributed by atoms with Crippen molar-refractivity contribution in [1.29, 1.82) is 0 Å². The van der Waals surface area contributed by atoms with E-state index in [4.69, 9.17) is 0 Å². The monoisotopic (exact) mass is 486 g/mol. The summed E-state index contributed by atoms with van der Waals surface area (Å²) in [6, 6.07) is 0. The Morgan fingerprint density at radius 3 is 2.34 bits per heavy atom. The van der Waals surface area contributed by atoms with Crippen molar-refractivity contribution in [2.45, 2.75) is 105 Å². The van der Waals surface area contributed by atoms with Crippen molar-refractivity contribution >= 4 is 5.97 Å². The molecule has 0 bridgehead atoms. The van der Waals surface area contributed by atoms with Crippen molar-refractivity contribution in [1.82, 2.24) is 0 Å². The standard InChI is InChI=1S/C30H46O5/c1-25(2)10-11-29(24(34)35)9-7-20-26(3)8-6-19-27(4,14-18(32)23(33)28(19,5)16-31)21(26)12-17-13-30(17,20)22(29)15-25/h7,17-19,21-23,31-33H,6,8-16H2,1-5H3,(H,34,35)/t17-,18-,19+,21+,22-,23-,26+,27+,28-,29-,30-/m1/s1. The second-order valence-corrected chi connectivity index (χ2v) is 15.3. The third-order valence-electron chi connectivity index (χ3n) is 13.3. The van der Waals surface area contributed by atoms with Crippen LogP contribution in [0.1, 0.15) is 92.4 Å². The van der Waals surface area contributed by atoms with Crippen molar-refractivity contribution in [2.24, 2.45) is 56.2 Å². The van der Waals surface area contributed by atoms with Gasteiger partial charge in [0.2, 0.25) is 0 Å². The minimum absolute atomic E-state index is 0.0110. The summed E-state index contributed by atoms with van der Waals surface area (Å²) in [6.07, 6.45) is 8.84. The molecule has 0 aromatic carbocycles. The number of carboxylic acids is 1. The number of aliphatic hydroxyl groups is 3. The zero-order valence-electron chi connectivity index (χ0n) is 22.3. The number of hydrogen-bond donors (Lipinski definition) is 4. The van der Waals surface area contributed by atoms with E-state index in [1.54, 1.807) is 5.57 Å². The minimum Gasteiger partial charge on any atom is -0.481 e. The highest BCUT2D eigenvalue weighted by Crippen LogP contribution is 2.83. The van der Waals surface area contributed by atoms with Crippen LogP contribution in [0.4, 0.5) is 0 Å². The van der Waals surface area contributed by atoms with Gasteiger partial charge in [-0.2, -0.15) is 0 Å². The Hall–Kier alpha value is -0.910. The maximum Gasteiger partial charge on any atom is 0.310 e. The highest BCUT2D eigenvalue weighted by Gasteiger charge is 2.77. The fraction of sp³-hybridized carbons (Fsp3) is 0.900. The molecule has 4 N–H and O–H groups in total. The summed E-state index contributed by atoms with van der Waals surface area (Å²) < 4.78 is 0. The van der Waals surface area contributed by atoms with Gasteiger partial charge in [0.25, 0.3) is 0 Å². The van der Waals surface area contributed by atoms with Crippen molar-refractivity contribution in [3.05, 3.63) is 11.6 Å². The second kappa shape index (κ2) is 6.94. The molecule has 6 aliphatic rings. The number of fused-ring (bicyclic) bond motifs is 5. The molecule has 6 rings (SSSR count). The molecule has 11 atom stereocenters. The van der Waals surface area contributed by atoms with Crippen LogP contribution in [0.15, 0.2) is 11.6 Å². The van der Waals surface area contributed by atoms with Gasteiger partial charge in [-0.05, 0) is 103 Å². The number of carboxylic acid groups (broad SMARTS) is 1. The summed E-state index contributed by atoms with van der Waals surface area (Å²) in [4.78, 5) is 12.8. The summed E-state index contributed by atoms with van der Waals surface area (Å²) in [6.45, 7) is 11.3. The van der Waals surface area contributed by atoms with Crippen LogP contribution in [-0.2, 0) is 4.79 Å². The molecule has 0 aromatic rings. The highest BCUT2D eigenvalue weighted by molar-refractivity contribution is 5.77. The molecule has 5 heteroatoms. The summed E-state index contributed by atoms with van der Waals surface area (Å²) >= 11 is 0. The maximum atomic E-state index is 12.8. The van der Waals surface area contributed by atoms with E-state index < -0.39 is 29.0 Å². The van der Waals surface area contributed by atoms with Crippen LogP contribution in [0.25, 0.3) is 0 Å². The molecule has 196 valence electrons. The van der Waals surface area contributed by atoms with Gasteiger partial charge in [-0.3, -0.25) is 4.79 Å². The SMILES string of the molecule is CC1(C)CC[C@]2(C(=O)O)CC=C3[C@]4(C[C@H]4C[C@@H]4[C@@]5(C)C[C@@H](O)[C@@H](O)[C@](C)(CO)[C@H]5CC[C@@]34C)[C@@H]2C1. The van der Waals surface area contributed by atoms with Crippen LogP contribution in [0.2, 0.25) is 0 Å². The van der Waals surface area contributed by atoms with E-state index in [9.17, 15) is 25.2 Å². The molecular formula is C30H46O5.